The Labute approximate surface area is 263 Å². The van der Waals surface area contributed by atoms with E-state index in [1.54, 1.807) is 11.7 Å². The molecule has 7 rings (SSSR count). The van der Waals surface area contributed by atoms with Crippen LogP contribution in [0.15, 0.2) is 136 Å². The Bertz CT molecular complexity index is 2260. The van der Waals surface area contributed by atoms with Crippen LogP contribution in [-0.4, -0.2) is 22.2 Å². The van der Waals surface area contributed by atoms with E-state index in [9.17, 15) is 9.59 Å². The number of benzene rings is 4. The van der Waals surface area contributed by atoms with Gasteiger partial charge in [0.15, 0.2) is 4.80 Å². The molecule has 4 aromatic carbocycles. The molecule has 0 bridgehead atoms. The van der Waals surface area contributed by atoms with Gasteiger partial charge in [-0.15, -0.1) is 0 Å². The van der Waals surface area contributed by atoms with Gasteiger partial charge in [-0.1, -0.05) is 90.2 Å². The summed E-state index contributed by atoms with van der Waals surface area (Å²) >= 11 is 1.33. The van der Waals surface area contributed by atoms with Crippen molar-refractivity contribution in [2.24, 2.45) is 4.99 Å². The van der Waals surface area contributed by atoms with Crippen molar-refractivity contribution in [2.75, 3.05) is 12.4 Å². The zero-order valence-corrected chi connectivity index (χ0v) is 25.6. The number of fused-ring (bicyclic) bond motifs is 2. The van der Waals surface area contributed by atoms with Crippen molar-refractivity contribution in [2.45, 2.75) is 19.5 Å². The molecule has 8 heteroatoms. The predicted molar refractivity (Wildman–Crippen MR) is 179 cm³/mol. The van der Waals surface area contributed by atoms with E-state index in [4.69, 9.17) is 9.73 Å². The summed E-state index contributed by atoms with van der Waals surface area (Å²) in [6, 6.07) is 34.6. The second kappa shape index (κ2) is 11.9. The van der Waals surface area contributed by atoms with Crippen molar-refractivity contribution in [1.82, 2.24) is 9.13 Å². The monoisotopic (exact) mass is 610 g/mol. The summed E-state index contributed by atoms with van der Waals surface area (Å²) in [6.07, 6.45) is 4.04. The van der Waals surface area contributed by atoms with Gasteiger partial charge in [0.2, 0.25) is 0 Å². The van der Waals surface area contributed by atoms with Gasteiger partial charge in [-0.2, -0.15) is 0 Å². The Kier molecular flexibility index (Phi) is 7.49. The highest BCUT2D eigenvalue weighted by atomic mass is 32.1. The summed E-state index contributed by atoms with van der Waals surface area (Å²) in [5.41, 5.74) is 5.41. The third kappa shape index (κ3) is 5.41. The zero-order valence-electron chi connectivity index (χ0n) is 24.8. The maximum atomic E-state index is 14.3. The van der Waals surface area contributed by atoms with Crippen LogP contribution in [0.1, 0.15) is 29.7 Å². The van der Waals surface area contributed by atoms with Crippen LogP contribution in [0.5, 0.6) is 5.75 Å². The fraction of sp³-hybridized carbons (Fsp3) is 0.108. The summed E-state index contributed by atoms with van der Waals surface area (Å²) in [6.45, 7) is 2.53. The lowest BCUT2D eigenvalue weighted by Gasteiger charge is -2.25. The lowest BCUT2D eigenvalue weighted by atomic mass is 9.95. The fourth-order valence-corrected chi connectivity index (χ4v) is 6.94. The molecule has 1 N–H and O–H groups in total. The molecule has 0 aliphatic carbocycles. The third-order valence-electron chi connectivity index (χ3n) is 8.01. The van der Waals surface area contributed by atoms with Gasteiger partial charge in [-0.25, -0.2) is 4.99 Å². The largest absolute Gasteiger partial charge is 0.497 e. The second-order valence-electron chi connectivity index (χ2n) is 10.9. The first-order valence-corrected chi connectivity index (χ1v) is 15.5. The maximum Gasteiger partial charge on any atom is 0.271 e. The van der Waals surface area contributed by atoms with E-state index in [1.165, 1.54) is 16.9 Å². The molecule has 1 atom stereocenters. The number of carbonyl (C=O) groups is 1. The number of para-hydroxylation sites is 2. The first kappa shape index (κ1) is 28.3. The Morgan fingerprint density at radius 1 is 0.956 bits per heavy atom. The SMILES string of the molecule is COc1cccc([C@@H]2C(C(=O)Nc3ccccc3)=C(C)N=c3sc(=Cc4cn(Cc5ccccc5)c5ccccc45)c(=O)n32)c1. The van der Waals surface area contributed by atoms with Crippen LogP contribution >= 0.6 is 11.3 Å². The van der Waals surface area contributed by atoms with Gasteiger partial charge in [0, 0.05) is 34.9 Å². The number of thiazole rings is 1. The van der Waals surface area contributed by atoms with Crippen LogP contribution in [0.25, 0.3) is 17.0 Å². The van der Waals surface area contributed by atoms with Gasteiger partial charge < -0.3 is 14.6 Å². The summed E-state index contributed by atoms with van der Waals surface area (Å²) in [5.74, 6) is 0.326. The Morgan fingerprint density at radius 2 is 1.69 bits per heavy atom. The standard InChI is InChI=1S/C37H30N4O3S/c1-24-33(35(42)39-28-15-7-4-8-16-28)34(26-14-11-17-29(20-26)44-2)41-36(43)32(45-37(41)38-24)21-27-23-40(22-25-12-5-3-6-13-25)31-19-10-9-18-30(27)31/h3-21,23,34H,22H2,1-2H3,(H,39,42)/t34-/m1/s1. The van der Waals surface area contributed by atoms with E-state index in [-0.39, 0.29) is 11.5 Å². The molecule has 3 heterocycles. The molecule has 2 aromatic heterocycles. The van der Waals surface area contributed by atoms with Crippen molar-refractivity contribution in [3.05, 3.63) is 163 Å². The van der Waals surface area contributed by atoms with Crippen molar-refractivity contribution in [1.29, 1.82) is 0 Å². The molecule has 222 valence electrons. The second-order valence-corrected chi connectivity index (χ2v) is 11.9. The molecule has 1 amide bonds. The molecule has 1 aliphatic heterocycles. The van der Waals surface area contributed by atoms with Crippen LogP contribution in [0, 0.1) is 0 Å². The maximum absolute atomic E-state index is 14.3. The normalized spacial score (nSPS) is 14.7. The Balaban J connectivity index is 1.37. The van der Waals surface area contributed by atoms with Gasteiger partial charge in [0.25, 0.3) is 11.5 Å². The number of aromatic nitrogens is 2. The van der Waals surface area contributed by atoms with Gasteiger partial charge in [0.05, 0.1) is 29.0 Å². The molecule has 1 aliphatic rings. The van der Waals surface area contributed by atoms with Gasteiger partial charge in [0.1, 0.15) is 5.75 Å². The number of allylic oxidation sites excluding steroid dienone is 1. The molecule has 0 spiro atoms. The minimum atomic E-state index is -0.693. The first-order valence-electron chi connectivity index (χ1n) is 14.6. The highest BCUT2D eigenvalue weighted by Crippen LogP contribution is 2.32. The highest BCUT2D eigenvalue weighted by molar-refractivity contribution is 7.07. The molecule has 0 unspecified atom stereocenters. The minimum absolute atomic E-state index is 0.205. The zero-order chi connectivity index (χ0) is 30.9. The number of hydrogen-bond donors (Lipinski definition) is 1. The number of rotatable bonds is 7. The smallest absolute Gasteiger partial charge is 0.271 e. The summed E-state index contributed by atoms with van der Waals surface area (Å²) in [5, 5.41) is 4.06. The van der Waals surface area contributed by atoms with E-state index in [0.717, 1.165) is 22.0 Å². The molecular formula is C37H30N4O3S. The van der Waals surface area contributed by atoms with Crippen molar-refractivity contribution >= 4 is 39.9 Å². The number of carbonyl (C=O) groups excluding carboxylic acids is 1. The van der Waals surface area contributed by atoms with E-state index >= 15 is 0 Å². The van der Waals surface area contributed by atoms with Crippen molar-refractivity contribution in [3.8, 4) is 5.75 Å². The first-order chi connectivity index (χ1) is 22.0. The van der Waals surface area contributed by atoms with E-state index < -0.39 is 6.04 Å². The molecule has 6 aromatic rings. The number of ether oxygens (including phenoxy) is 1. The Morgan fingerprint density at radius 3 is 2.47 bits per heavy atom. The third-order valence-corrected chi connectivity index (χ3v) is 8.99. The number of amides is 1. The molecule has 0 radical (unpaired) electrons. The average molecular weight is 611 g/mol. The van der Waals surface area contributed by atoms with E-state index in [2.05, 4.69) is 40.3 Å². The molecule has 7 nitrogen and oxygen atoms in total. The fourth-order valence-electron chi connectivity index (χ4n) is 5.90. The summed E-state index contributed by atoms with van der Waals surface area (Å²) < 4.78 is 9.91. The minimum Gasteiger partial charge on any atom is -0.497 e. The summed E-state index contributed by atoms with van der Waals surface area (Å²) in [7, 11) is 1.60. The average Bonchev–Trinajstić information content (AvgIpc) is 3.57. The predicted octanol–water partition coefficient (Wildman–Crippen LogP) is 5.89. The van der Waals surface area contributed by atoms with Crippen LogP contribution in [0.2, 0.25) is 0 Å². The van der Waals surface area contributed by atoms with Crippen LogP contribution in [0.3, 0.4) is 0 Å². The molecule has 0 saturated heterocycles. The van der Waals surface area contributed by atoms with Crippen molar-refractivity contribution in [3.63, 3.8) is 0 Å². The molecule has 45 heavy (non-hydrogen) atoms. The number of methoxy groups -OCH3 is 1. The van der Waals surface area contributed by atoms with E-state index in [1.807, 2.05) is 97.9 Å². The summed E-state index contributed by atoms with van der Waals surface area (Å²) in [4.78, 5) is 33.5. The molecule has 0 fully saturated rings. The molecular weight excluding hydrogens is 580 g/mol. The van der Waals surface area contributed by atoms with Crippen LogP contribution < -0.4 is 24.9 Å². The molecule has 0 saturated carbocycles. The lowest BCUT2D eigenvalue weighted by Crippen LogP contribution is -2.40. The quantitative estimate of drug-likeness (QED) is 0.245. The van der Waals surface area contributed by atoms with Gasteiger partial charge in [-0.3, -0.25) is 14.2 Å². The highest BCUT2D eigenvalue weighted by Gasteiger charge is 2.33. The number of nitrogens with one attached hydrogen (secondary N) is 1. The number of hydrogen-bond acceptors (Lipinski definition) is 5. The van der Waals surface area contributed by atoms with Gasteiger partial charge in [-0.05, 0) is 54.5 Å². The Hall–Kier alpha value is -5.47. The van der Waals surface area contributed by atoms with Crippen LogP contribution in [-0.2, 0) is 11.3 Å². The van der Waals surface area contributed by atoms with E-state index in [0.29, 0.717) is 38.6 Å². The number of anilines is 1. The van der Waals surface area contributed by atoms with Gasteiger partial charge >= 0.3 is 0 Å². The van der Waals surface area contributed by atoms with Crippen molar-refractivity contribution < 1.29 is 9.53 Å². The van der Waals surface area contributed by atoms with Crippen LogP contribution in [0.4, 0.5) is 5.69 Å². The topological polar surface area (TPSA) is 77.6 Å². The number of nitrogens with zero attached hydrogens (tertiary/aromatic N) is 3. The lowest BCUT2D eigenvalue weighted by molar-refractivity contribution is -0.113.